The number of carbonyl (C=O) groups is 2. The largest absolute Gasteiger partial charge is 0.480 e. The lowest BCUT2D eigenvalue weighted by Gasteiger charge is -2.20. The summed E-state index contributed by atoms with van der Waals surface area (Å²) in [6.07, 6.45) is 1.63. The normalized spacial score (nSPS) is 18.6. The third-order valence-corrected chi connectivity index (χ3v) is 4.78. The number of likely N-dealkylation sites (tertiary alicyclic amines) is 1. The summed E-state index contributed by atoms with van der Waals surface area (Å²) >= 11 is 1.60. The number of nitrogens with zero attached hydrogens (tertiary/aromatic N) is 1. The molecular formula is C15H15NO3S. The van der Waals surface area contributed by atoms with E-state index in [4.69, 9.17) is 5.11 Å². The number of carboxylic acid groups (broad SMARTS) is 1. The summed E-state index contributed by atoms with van der Waals surface area (Å²) in [5.74, 6) is -0.978. The molecule has 3 rings (SSSR count). The summed E-state index contributed by atoms with van der Waals surface area (Å²) in [6, 6.07) is 9.38. The molecular weight excluding hydrogens is 274 g/mol. The number of hydrogen-bond donors (Lipinski definition) is 1. The van der Waals surface area contributed by atoms with Gasteiger partial charge in [0.1, 0.15) is 6.04 Å². The monoisotopic (exact) mass is 289 g/mol. The van der Waals surface area contributed by atoms with Crippen LogP contribution in [0.5, 0.6) is 0 Å². The van der Waals surface area contributed by atoms with Crippen LogP contribution in [0.3, 0.4) is 0 Å². The molecule has 1 unspecified atom stereocenters. The molecule has 0 aliphatic carbocycles. The lowest BCUT2D eigenvalue weighted by Crippen LogP contribution is -2.41. The number of amides is 1. The second-order valence-electron chi connectivity index (χ2n) is 5.01. The first-order valence-electron chi connectivity index (χ1n) is 6.65. The number of thiophene rings is 1. The van der Waals surface area contributed by atoms with Crippen LogP contribution in [-0.4, -0.2) is 34.5 Å². The average Bonchev–Trinajstić information content (AvgIpc) is 3.04. The van der Waals surface area contributed by atoms with Crippen molar-refractivity contribution < 1.29 is 14.7 Å². The quantitative estimate of drug-likeness (QED) is 0.944. The van der Waals surface area contributed by atoms with Crippen LogP contribution < -0.4 is 0 Å². The predicted molar refractivity (Wildman–Crippen MR) is 77.9 cm³/mol. The Balaban J connectivity index is 1.76. The number of aliphatic carboxylic acids is 1. The van der Waals surface area contributed by atoms with Crippen LogP contribution in [0.15, 0.2) is 30.3 Å². The molecule has 0 bridgehead atoms. The fourth-order valence-electron chi connectivity index (χ4n) is 2.70. The molecule has 1 N–H and O–H groups in total. The first-order valence-corrected chi connectivity index (χ1v) is 7.46. The number of carboxylic acids is 1. The van der Waals surface area contributed by atoms with Gasteiger partial charge >= 0.3 is 5.97 Å². The molecule has 2 heterocycles. The molecule has 1 fully saturated rings. The molecule has 1 aliphatic heterocycles. The minimum atomic E-state index is -0.896. The molecule has 1 saturated heterocycles. The maximum atomic E-state index is 12.3. The van der Waals surface area contributed by atoms with E-state index < -0.39 is 12.0 Å². The molecule has 0 saturated carbocycles. The Morgan fingerprint density at radius 2 is 2.15 bits per heavy atom. The molecule has 0 spiro atoms. The van der Waals surface area contributed by atoms with E-state index in [1.54, 1.807) is 11.3 Å². The molecule has 0 radical (unpaired) electrons. The lowest BCUT2D eigenvalue weighted by molar-refractivity contribution is -0.147. The van der Waals surface area contributed by atoms with Crippen LogP contribution in [0.25, 0.3) is 10.1 Å². The number of carbonyl (C=O) groups excluding carboxylic acids is 1. The fraction of sp³-hybridized carbons (Fsp3) is 0.333. The average molecular weight is 289 g/mol. The Labute approximate surface area is 120 Å². The molecule has 20 heavy (non-hydrogen) atoms. The first-order chi connectivity index (χ1) is 9.65. The Hall–Kier alpha value is -1.88. The van der Waals surface area contributed by atoms with E-state index in [1.807, 2.05) is 30.3 Å². The van der Waals surface area contributed by atoms with Crippen LogP contribution in [0.1, 0.15) is 17.7 Å². The zero-order valence-electron chi connectivity index (χ0n) is 10.9. The highest BCUT2D eigenvalue weighted by Crippen LogP contribution is 2.27. The Bertz CT molecular complexity index is 631. The number of benzene rings is 1. The van der Waals surface area contributed by atoms with Gasteiger partial charge in [0, 0.05) is 16.1 Å². The Kier molecular flexibility index (Phi) is 3.44. The molecule has 4 nitrogen and oxygen atoms in total. The standard InChI is InChI=1S/C15H15NO3S/c17-14(16-7-3-5-12(16)15(18)19)9-11-8-10-4-1-2-6-13(10)20-11/h1-2,4,6,8,12H,3,5,7,9H2,(H,18,19). The summed E-state index contributed by atoms with van der Waals surface area (Å²) in [4.78, 5) is 25.9. The predicted octanol–water partition coefficient (Wildman–Crippen LogP) is 2.52. The van der Waals surface area contributed by atoms with E-state index in [0.717, 1.165) is 21.4 Å². The van der Waals surface area contributed by atoms with Gasteiger partial charge in [-0.3, -0.25) is 4.79 Å². The van der Waals surface area contributed by atoms with E-state index in [-0.39, 0.29) is 5.91 Å². The molecule has 1 atom stereocenters. The van der Waals surface area contributed by atoms with Crippen molar-refractivity contribution in [1.82, 2.24) is 4.90 Å². The van der Waals surface area contributed by atoms with Crippen molar-refractivity contribution in [3.63, 3.8) is 0 Å². The fourth-order valence-corrected chi connectivity index (χ4v) is 3.75. The van der Waals surface area contributed by atoms with Crippen molar-refractivity contribution in [1.29, 1.82) is 0 Å². The second kappa shape index (κ2) is 5.25. The molecule has 1 amide bonds. The Morgan fingerprint density at radius 3 is 2.90 bits per heavy atom. The van der Waals surface area contributed by atoms with Gasteiger partial charge in [-0.25, -0.2) is 4.79 Å². The summed E-state index contributed by atoms with van der Waals surface area (Å²) in [6.45, 7) is 0.556. The zero-order chi connectivity index (χ0) is 14.1. The van der Waals surface area contributed by atoms with Crippen LogP contribution in [0, 0.1) is 0 Å². The maximum absolute atomic E-state index is 12.3. The van der Waals surface area contributed by atoms with Crippen LogP contribution in [0.4, 0.5) is 0 Å². The van der Waals surface area contributed by atoms with Crippen molar-refractivity contribution in [2.75, 3.05) is 6.54 Å². The van der Waals surface area contributed by atoms with Gasteiger partial charge in [-0.05, 0) is 30.4 Å². The van der Waals surface area contributed by atoms with Crippen molar-refractivity contribution in [2.45, 2.75) is 25.3 Å². The van der Waals surface area contributed by atoms with Crippen molar-refractivity contribution in [2.24, 2.45) is 0 Å². The first kappa shape index (κ1) is 13.1. The van der Waals surface area contributed by atoms with Crippen molar-refractivity contribution in [3.05, 3.63) is 35.2 Å². The second-order valence-corrected chi connectivity index (χ2v) is 6.18. The topological polar surface area (TPSA) is 57.6 Å². The highest BCUT2D eigenvalue weighted by Gasteiger charge is 2.33. The lowest BCUT2D eigenvalue weighted by atomic mass is 10.2. The van der Waals surface area contributed by atoms with Crippen molar-refractivity contribution in [3.8, 4) is 0 Å². The van der Waals surface area contributed by atoms with E-state index in [0.29, 0.717) is 19.4 Å². The smallest absolute Gasteiger partial charge is 0.326 e. The molecule has 1 aliphatic rings. The minimum absolute atomic E-state index is 0.0820. The summed E-state index contributed by atoms with van der Waals surface area (Å²) < 4.78 is 1.16. The Morgan fingerprint density at radius 1 is 1.35 bits per heavy atom. The summed E-state index contributed by atoms with van der Waals surface area (Å²) in [7, 11) is 0. The third kappa shape index (κ3) is 2.41. The van der Waals surface area contributed by atoms with E-state index >= 15 is 0 Å². The number of hydrogen-bond acceptors (Lipinski definition) is 3. The number of rotatable bonds is 3. The minimum Gasteiger partial charge on any atom is -0.480 e. The molecule has 1 aromatic heterocycles. The van der Waals surface area contributed by atoms with Crippen LogP contribution in [-0.2, 0) is 16.0 Å². The molecule has 1 aromatic carbocycles. The zero-order valence-corrected chi connectivity index (χ0v) is 11.7. The van der Waals surface area contributed by atoms with E-state index in [9.17, 15) is 9.59 Å². The van der Waals surface area contributed by atoms with Crippen LogP contribution in [0.2, 0.25) is 0 Å². The highest BCUT2D eigenvalue weighted by molar-refractivity contribution is 7.19. The van der Waals surface area contributed by atoms with Gasteiger partial charge in [-0.15, -0.1) is 11.3 Å². The number of fused-ring (bicyclic) bond motifs is 1. The maximum Gasteiger partial charge on any atom is 0.326 e. The van der Waals surface area contributed by atoms with Gasteiger partial charge in [-0.2, -0.15) is 0 Å². The van der Waals surface area contributed by atoms with Gasteiger partial charge in [0.05, 0.1) is 6.42 Å². The molecule has 5 heteroatoms. The van der Waals surface area contributed by atoms with Crippen LogP contribution >= 0.6 is 11.3 Å². The molecule has 104 valence electrons. The SMILES string of the molecule is O=C(O)C1CCCN1C(=O)Cc1cc2ccccc2s1. The summed E-state index contributed by atoms with van der Waals surface area (Å²) in [5.41, 5.74) is 0. The van der Waals surface area contributed by atoms with Crippen molar-refractivity contribution >= 4 is 33.3 Å². The van der Waals surface area contributed by atoms with E-state index in [1.165, 1.54) is 4.90 Å². The van der Waals surface area contributed by atoms with Gasteiger partial charge in [0.2, 0.25) is 5.91 Å². The highest BCUT2D eigenvalue weighted by atomic mass is 32.1. The van der Waals surface area contributed by atoms with Gasteiger partial charge in [-0.1, -0.05) is 18.2 Å². The van der Waals surface area contributed by atoms with Gasteiger partial charge < -0.3 is 10.0 Å². The summed E-state index contributed by atoms with van der Waals surface area (Å²) in [5, 5.41) is 10.3. The third-order valence-electron chi connectivity index (χ3n) is 3.66. The van der Waals surface area contributed by atoms with Gasteiger partial charge in [0.15, 0.2) is 0 Å². The van der Waals surface area contributed by atoms with E-state index in [2.05, 4.69) is 0 Å². The van der Waals surface area contributed by atoms with Gasteiger partial charge in [0.25, 0.3) is 0 Å². The molecule has 2 aromatic rings.